The van der Waals surface area contributed by atoms with Gasteiger partial charge in [0.1, 0.15) is 6.04 Å². The molecule has 1 fully saturated rings. The number of anilines is 1. The molecule has 9 nitrogen and oxygen atoms in total. The van der Waals surface area contributed by atoms with Gasteiger partial charge in [-0.1, -0.05) is 25.8 Å². The van der Waals surface area contributed by atoms with E-state index >= 15 is 0 Å². The highest BCUT2D eigenvalue weighted by atomic mass is 16.2. The molecule has 2 aliphatic rings. The molecule has 0 aromatic heterocycles. The molecule has 3 N–H and O–H groups in total. The number of benzene rings is 1. The van der Waals surface area contributed by atoms with Crippen LogP contribution in [0.4, 0.5) is 5.69 Å². The van der Waals surface area contributed by atoms with Crippen molar-refractivity contribution in [3.05, 3.63) is 29.3 Å². The van der Waals surface area contributed by atoms with Crippen LogP contribution < -0.4 is 20.9 Å². The summed E-state index contributed by atoms with van der Waals surface area (Å²) in [6.07, 6.45) is 5.71. The van der Waals surface area contributed by atoms with E-state index in [1.807, 2.05) is 12.1 Å². The maximum atomic E-state index is 13.2. The number of likely N-dealkylation sites (N-methyl/N-ethyl adjacent to an activating group) is 1. The molecule has 0 aliphatic carbocycles. The zero-order valence-corrected chi connectivity index (χ0v) is 20.3. The van der Waals surface area contributed by atoms with E-state index in [1.54, 1.807) is 11.9 Å². The van der Waals surface area contributed by atoms with Crippen LogP contribution in [0, 0.1) is 0 Å². The molecule has 2 heterocycles. The van der Waals surface area contributed by atoms with Gasteiger partial charge in [-0.2, -0.15) is 0 Å². The number of amides is 4. The van der Waals surface area contributed by atoms with Crippen LogP contribution in [-0.2, 0) is 20.9 Å². The highest BCUT2D eigenvalue weighted by molar-refractivity contribution is 6.06. The summed E-state index contributed by atoms with van der Waals surface area (Å²) in [7, 11) is 1.75. The monoisotopic (exact) mass is 471 g/mol. The van der Waals surface area contributed by atoms with E-state index in [0.29, 0.717) is 31.6 Å². The first-order valence-corrected chi connectivity index (χ1v) is 12.4. The van der Waals surface area contributed by atoms with E-state index in [-0.39, 0.29) is 30.0 Å². The molecular weight excluding hydrogens is 434 g/mol. The Morgan fingerprint density at radius 1 is 1.15 bits per heavy atom. The number of fused-ring (bicyclic) bond motifs is 1. The van der Waals surface area contributed by atoms with Crippen LogP contribution in [-0.4, -0.2) is 67.8 Å². The molecule has 0 bridgehead atoms. The highest BCUT2D eigenvalue weighted by Gasteiger charge is 2.40. The first-order chi connectivity index (χ1) is 16.5. The molecule has 1 aromatic rings. The maximum Gasteiger partial charge on any atom is 0.255 e. The molecule has 3 rings (SSSR count). The van der Waals surface area contributed by atoms with Gasteiger partial charge in [0.05, 0.1) is 6.54 Å². The summed E-state index contributed by atoms with van der Waals surface area (Å²) in [5.74, 6) is -0.822. The third-order valence-electron chi connectivity index (χ3n) is 6.44. The van der Waals surface area contributed by atoms with Crippen molar-refractivity contribution in [2.75, 3.05) is 38.1 Å². The molecule has 9 heteroatoms. The Kier molecular flexibility index (Phi) is 9.44. The van der Waals surface area contributed by atoms with E-state index in [1.165, 1.54) is 0 Å². The summed E-state index contributed by atoms with van der Waals surface area (Å²) in [5, 5.41) is 8.12. The second kappa shape index (κ2) is 12.5. The van der Waals surface area contributed by atoms with Crippen LogP contribution in [0.3, 0.4) is 0 Å². The fraction of sp³-hybridized carbons (Fsp3) is 0.600. The van der Waals surface area contributed by atoms with Gasteiger partial charge in [0.25, 0.3) is 5.91 Å². The molecule has 186 valence electrons. The Balaban J connectivity index is 1.69. The van der Waals surface area contributed by atoms with Gasteiger partial charge in [-0.15, -0.1) is 0 Å². The third-order valence-corrected chi connectivity index (χ3v) is 6.44. The van der Waals surface area contributed by atoms with Crippen LogP contribution in [0.15, 0.2) is 18.2 Å². The van der Waals surface area contributed by atoms with Gasteiger partial charge in [0.2, 0.25) is 17.7 Å². The lowest BCUT2D eigenvalue weighted by Crippen LogP contribution is -2.52. The lowest BCUT2D eigenvalue weighted by Gasteiger charge is -2.30. The number of carbonyl (C=O) groups is 4. The predicted molar refractivity (Wildman–Crippen MR) is 130 cm³/mol. The summed E-state index contributed by atoms with van der Waals surface area (Å²) in [6, 6.07) is 5.18. The molecule has 34 heavy (non-hydrogen) atoms. The second-order valence-corrected chi connectivity index (χ2v) is 8.98. The summed E-state index contributed by atoms with van der Waals surface area (Å²) in [5.41, 5.74) is 2.63. The summed E-state index contributed by atoms with van der Waals surface area (Å²) >= 11 is 0. The van der Waals surface area contributed by atoms with Crippen molar-refractivity contribution in [2.45, 2.75) is 64.5 Å². The number of rotatable bonds is 13. The fourth-order valence-electron chi connectivity index (χ4n) is 4.65. The van der Waals surface area contributed by atoms with Crippen molar-refractivity contribution in [3.63, 3.8) is 0 Å². The number of imide groups is 1. The van der Waals surface area contributed by atoms with Crippen LogP contribution >= 0.6 is 0 Å². The quantitative estimate of drug-likeness (QED) is 0.297. The van der Waals surface area contributed by atoms with Crippen molar-refractivity contribution >= 4 is 29.3 Å². The van der Waals surface area contributed by atoms with E-state index in [4.69, 9.17) is 0 Å². The minimum atomic E-state index is -0.611. The Morgan fingerprint density at radius 2 is 1.91 bits per heavy atom. The first-order valence-electron chi connectivity index (χ1n) is 12.4. The Labute approximate surface area is 201 Å². The largest absolute Gasteiger partial charge is 0.371 e. The Morgan fingerprint density at radius 3 is 2.62 bits per heavy atom. The van der Waals surface area contributed by atoms with Crippen LogP contribution in [0.1, 0.15) is 67.8 Å². The first kappa shape index (κ1) is 25.7. The van der Waals surface area contributed by atoms with Crippen molar-refractivity contribution in [1.82, 2.24) is 20.9 Å². The van der Waals surface area contributed by atoms with Gasteiger partial charge in [-0.25, -0.2) is 0 Å². The van der Waals surface area contributed by atoms with Crippen LogP contribution in [0.5, 0.6) is 0 Å². The Bertz CT molecular complexity index is 903. The fourth-order valence-corrected chi connectivity index (χ4v) is 4.65. The lowest BCUT2D eigenvalue weighted by atomic mass is 10.0. The smallest absolute Gasteiger partial charge is 0.255 e. The molecule has 1 saturated heterocycles. The zero-order valence-electron chi connectivity index (χ0n) is 20.3. The van der Waals surface area contributed by atoms with Gasteiger partial charge >= 0.3 is 0 Å². The number of nitrogens with one attached hydrogen (secondary N) is 3. The number of carbonyl (C=O) groups excluding carboxylic acids is 4. The minimum Gasteiger partial charge on any atom is -0.371 e. The van der Waals surface area contributed by atoms with E-state index < -0.39 is 6.04 Å². The number of hydrogen-bond donors (Lipinski definition) is 3. The molecule has 0 spiro atoms. The average molecular weight is 472 g/mol. The van der Waals surface area contributed by atoms with Gasteiger partial charge < -0.3 is 20.4 Å². The van der Waals surface area contributed by atoms with E-state index in [2.05, 4.69) is 33.8 Å². The summed E-state index contributed by atoms with van der Waals surface area (Å²) < 4.78 is 0. The normalized spacial score (nSPS) is 17.5. The zero-order chi connectivity index (χ0) is 24.5. The second-order valence-electron chi connectivity index (χ2n) is 8.98. The summed E-state index contributed by atoms with van der Waals surface area (Å²) in [6.45, 7) is 5.22. The standard InChI is InChI=1S/C25H37N5O4/c1-3-4-6-14-29(15-7-5-13-27-23(32)16-26-2)20-10-8-9-18-19(20)17-30(25(18)34)21-11-12-22(31)28-24(21)33/h8-10,21,26H,3-7,11-17H2,1-2H3,(H,27,32)(H,28,31,33). The van der Waals surface area contributed by atoms with Crippen molar-refractivity contribution in [2.24, 2.45) is 0 Å². The molecule has 1 aromatic carbocycles. The molecule has 2 aliphatic heterocycles. The minimum absolute atomic E-state index is 0.00441. The molecule has 1 unspecified atom stereocenters. The van der Waals surface area contributed by atoms with Gasteiger partial charge in [0.15, 0.2) is 0 Å². The average Bonchev–Trinajstić information content (AvgIpc) is 3.14. The highest BCUT2D eigenvalue weighted by Crippen LogP contribution is 2.34. The van der Waals surface area contributed by atoms with Crippen molar-refractivity contribution in [3.8, 4) is 0 Å². The van der Waals surface area contributed by atoms with Gasteiger partial charge in [0, 0.05) is 49.4 Å². The van der Waals surface area contributed by atoms with E-state index in [0.717, 1.165) is 56.4 Å². The van der Waals surface area contributed by atoms with Crippen LogP contribution in [0.2, 0.25) is 0 Å². The Hall–Kier alpha value is -2.94. The number of piperidine rings is 1. The predicted octanol–water partition coefficient (Wildman–Crippen LogP) is 1.56. The topological polar surface area (TPSA) is 111 Å². The van der Waals surface area contributed by atoms with E-state index in [9.17, 15) is 19.2 Å². The number of nitrogens with zero attached hydrogens (tertiary/aromatic N) is 2. The SMILES string of the molecule is CCCCCN(CCCCNC(=O)CNC)c1cccc2c1CN(C1CCC(=O)NC1=O)C2=O. The number of hydrogen-bond acceptors (Lipinski definition) is 6. The maximum absolute atomic E-state index is 13.2. The molecular formula is C25H37N5O4. The molecule has 0 saturated carbocycles. The van der Waals surface area contributed by atoms with Gasteiger partial charge in [-0.3, -0.25) is 24.5 Å². The third kappa shape index (κ3) is 6.34. The molecule has 4 amide bonds. The molecule has 0 radical (unpaired) electrons. The van der Waals surface area contributed by atoms with Crippen molar-refractivity contribution < 1.29 is 19.2 Å². The van der Waals surface area contributed by atoms with Gasteiger partial charge in [-0.05, 0) is 44.9 Å². The molecule has 1 atom stereocenters. The number of unbranched alkanes of at least 4 members (excludes halogenated alkanes) is 3. The summed E-state index contributed by atoms with van der Waals surface area (Å²) in [4.78, 5) is 52.7. The van der Waals surface area contributed by atoms with Crippen LogP contribution in [0.25, 0.3) is 0 Å². The lowest BCUT2D eigenvalue weighted by molar-refractivity contribution is -0.137. The van der Waals surface area contributed by atoms with Crippen molar-refractivity contribution in [1.29, 1.82) is 0 Å².